The molecule has 0 bridgehead atoms. The van der Waals surface area contributed by atoms with E-state index in [4.69, 9.17) is 14.6 Å². The number of carbonyl (C=O) groups is 3. The van der Waals surface area contributed by atoms with Crippen LogP contribution in [0, 0.1) is 5.92 Å². The maximum absolute atomic E-state index is 12.7. The predicted molar refractivity (Wildman–Crippen MR) is 141 cm³/mol. The number of amides is 1. The fourth-order valence-electron chi connectivity index (χ4n) is 4.54. The van der Waals surface area contributed by atoms with E-state index in [1.54, 1.807) is 40.7 Å². The summed E-state index contributed by atoms with van der Waals surface area (Å²) in [5, 5.41) is 9.17. The molecule has 3 aromatic rings. The summed E-state index contributed by atoms with van der Waals surface area (Å²) in [6.07, 6.45) is 5.27. The smallest absolute Gasteiger partial charge is 0.410 e. The van der Waals surface area contributed by atoms with Crippen LogP contribution in [0.15, 0.2) is 42.7 Å². The summed E-state index contributed by atoms with van der Waals surface area (Å²) >= 11 is 0. The number of aromatic carboxylic acids is 1. The zero-order chi connectivity index (χ0) is 27.4. The molecule has 4 rings (SSSR count). The molecule has 3 heterocycles. The fraction of sp³-hybridized carbons (Fsp3) is 0.429. The Morgan fingerprint density at radius 2 is 1.79 bits per heavy atom. The summed E-state index contributed by atoms with van der Waals surface area (Å²) in [5.41, 5.74) is 1.69. The van der Waals surface area contributed by atoms with Crippen LogP contribution in [0.5, 0.6) is 0 Å². The van der Waals surface area contributed by atoms with Crippen LogP contribution in [0.25, 0.3) is 16.9 Å². The number of hydrogen-bond acceptors (Lipinski definition) is 6. The van der Waals surface area contributed by atoms with Crippen molar-refractivity contribution >= 4 is 18.0 Å². The van der Waals surface area contributed by atoms with Crippen molar-refractivity contribution in [2.45, 2.75) is 52.6 Å². The number of piperidine rings is 1. The van der Waals surface area contributed by atoms with Crippen molar-refractivity contribution in [3.05, 3.63) is 59.8 Å². The number of likely N-dealkylation sites (tertiary alicyclic amines) is 1. The molecule has 0 spiro atoms. The molecule has 10 nitrogen and oxygen atoms in total. The lowest BCUT2D eigenvalue weighted by atomic mass is 9.93. The van der Waals surface area contributed by atoms with E-state index in [0.29, 0.717) is 31.0 Å². The Morgan fingerprint density at radius 1 is 1.11 bits per heavy atom. The molecular weight excluding hydrogens is 488 g/mol. The van der Waals surface area contributed by atoms with Gasteiger partial charge in [0.15, 0.2) is 5.69 Å². The van der Waals surface area contributed by atoms with Gasteiger partial charge in [0.25, 0.3) is 0 Å². The Morgan fingerprint density at radius 3 is 2.39 bits per heavy atom. The largest absolute Gasteiger partial charge is 0.478 e. The first kappa shape index (κ1) is 27.0. The Labute approximate surface area is 221 Å². The lowest BCUT2D eigenvalue weighted by molar-refractivity contribution is 0.0183. The molecule has 0 radical (unpaired) electrons. The van der Waals surface area contributed by atoms with Crippen molar-refractivity contribution < 1.29 is 29.0 Å². The summed E-state index contributed by atoms with van der Waals surface area (Å²) in [7, 11) is 0. The molecule has 1 aliphatic rings. The fourth-order valence-corrected chi connectivity index (χ4v) is 4.54. The van der Waals surface area contributed by atoms with E-state index in [0.717, 1.165) is 29.8 Å². The number of carboxylic acids is 1. The highest BCUT2D eigenvalue weighted by atomic mass is 16.6. The van der Waals surface area contributed by atoms with Crippen molar-refractivity contribution in [3.8, 4) is 16.9 Å². The summed E-state index contributed by atoms with van der Waals surface area (Å²) in [6.45, 7) is 8.77. The molecule has 0 saturated carbocycles. The van der Waals surface area contributed by atoms with E-state index in [1.165, 1.54) is 6.20 Å². The van der Waals surface area contributed by atoms with Gasteiger partial charge in [0.1, 0.15) is 17.2 Å². The van der Waals surface area contributed by atoms with Crippen LogP contribution in [-0.4, -0.2) is 67.9 Å². The zero-order valence-corrected chi connectivity index (χ0v) is 22.2. The molecule has 202 valence electrons. The predicted octanol–water partition coefficient (Wildman–Crippen LogP) is 4.93. The molecule has 1 aliphatic heterocycles. The second-order valence-electron chi connectivity index (χ2n) is 10.4. The van der Waals surface area contributed by atoms with Crippen LogP contribution in [0.2, 0.25) is 0 Å². The van der Waals surface area contributed by atoms with Crippen LogP contribution in [-0.2, 0) is 15.9 Å². The minimum absolute atomic E-state index is 0.212. The number of aromatic nitrogens is 3. The minimum atomic E-state index is -0.981. The van der Waals surface area contributed by atoms with Gasteiger partial charge < -0.3 is 24.5 Å². The first-order chi connectivity index (χ1) is 18.1. The molecule has 0 atom stereocenters. The normalized spacial score (nSPS) is 14.4. The van der Waals surface area contributed by atoms with Crippen molar-refractivity contribution in [2.24, 2.45) is 5.92 Å². The number of rotatable bonds is 7. The number of benzene rings is 1. The number of nitrogens with zero attached hydrogens (tertiary/aromatic N) is 3. The molecule has 2 aromatic heterocycles. The van der Waals surface area contributed by atoms with E-state index in [9.17, 15) is 14.4 Å². The van der Waals surface area contributed by atoms with Crippen molar-refractivity contribution in [1.29, 1.82) is 0 Å². The molecule has 10 heteroatoms. The second kappa shape index (κ2) is 11.1. The Bertz CT molecular complexity index is 1290. The van der Waals surface area contributed by atoms with E-state index in [1.807, 2.05) is 33.0 Å². The highest BCUT2D eigenvalue weighted by Gasteiger charge is 2.29. The molecule has 1 amide bonds. The number of carboxylic acid groups (broad SMARTS) is 1. The molecule has 1 aromatic carbocycles. The maximum atomic E-state index is 12.7. The van der Waals surface area contributed by atoms with Gasteiger partial charge in [-0.15, -0.1) is 0 Å². The van der Waals surface area contributed by atoms with E-state index >= 15 is 0 Å². The van der Waals surface area contributed by atoms with E-state index < -0.39 is 17.5 Å². The summed E-state index contributed by atoms with van der Waals surface area (Å²) in [5.74, 6) is 0.212. The topological polar surface area (TPSA) is 127 Å². The molecular formula is C28H34N4O6. The highest BCUT2D eigenvalue weighted by Crippen LogP contribution is 2.28. The van der Waals surface area contributed by atoms with Gasteiger partial charge in [-0.25, -0.2) is 19.4 Å². The van der Waals surface area contributed by atoms with Gasteiger partial charge in [-0.3, -0.25) is 4.57 Å². The lowest BCUT2D eigenvalue weighted by Crippen LogP contribution is -2.42. The number of aromatic amines is 1. The van der Waals surface area contributed by atoms with Gasteiger partial charge in [-0.2, -0.15) is 0 Å². The Hall–Kier alpha value is -4.08. The van der Waals surface area contributed by atoms with Crippen LogP contribution in [0.3, 0.4) is 0 Å². The monoisotopic (exact) mass is 522 g/mol. The third-order valence-corrected chi connectivity index (χ3v) is 6.43. The molecule has 1 saturated heterocycles. The van der Waals surface area contributed by atoms with Gasteiger partial charge in [0.2, 0.25) is 0 Å². The van der Waals surface area contributed by atoms with Crippen LogP contribution < -0.4 is 0 Å². The number of esters is 1. The first-order valence-corrected chi connectivity index (χ1v) is 12.8. The SMILES string of the molecule is CCOC(=O)c1cnc(CC2CCN(C(=O)OC(C)(C)C)CC2)n1-c1cc(-c2ccc(C(=O)O)cc2)c[nH]1. The number of ether oxygens (including phenoxy) is 2. The summed E-state index contributed by atoms with van der Waals surface area (Å²) in [4.78, 5) is 45.9. The molecule has 38 heavy (non-hydrogen) atoms. The standard InChI is InChI=1S/C28H34N4O6/c1-5-37-26(35)22-17-30-23(14-18-10-12-31(13-11-18)27(36)38-28(2,3)4)32(22)24-15-21(16-29-24)19-6-8-20(9-7-19)25(33)34/h6-9,15-18,29H,5,10-14H2,1-4H3,(H,33,34). The van der Waals surface area contributed by atoms with E-state index in [-0.39, 0.29) is 24.2 Å². The Kier molecular flexibility index (Phi) is 7.89. The Balaban J connectivity index is 1.54. The van der Waals surface area contributed by atoms with Gasteiger partial charge in [0.05, 0.1) is 18.4 Å². The van der Waals surface area contributed by atoms with Crippen molar-refractivity contribution in [2.75, 3.05) is 19.7 Å². The number of carbonyl (C=O) groups excluding carboxylic acids is 2. The molecule has 2 N–H and O–H groups in total. The van der Waals surface area contributed by atoms with Crippen LogP contribution >= 0.6 is 0 Å². The van der Waals surface area contributed by atoms with Gasteiger partial charge in [0, 0.05) is 31.3 Å². The zero-order valence-electron chi connectivity index (χ0n) is 22.2. The minimum Gasteiger partial charge on any atom is -0.478 e. The lowest BCUT2D eigenvalue weighted by Gasteiger charge is -2.33. The van der Waals surface area contributed by atoms with E-state index in [2.05, 4.69) is 9.97 Å². The van der Waals surface area contributed by atoms with Crippen molar-refractivity contribution in [1.82, 2.24) is 19.4 Å². The summed E-state index contributed by atoms with van der Waals surface area (Å²) in [6, 6.07) is 8.50. The molecule has 1 fully saturated rings. The third kappa shape index (κ3) is 6.24. The first-order valence-electron chi connectivity index (χ1n) is 12.8. The second-order valence-corrected chi connectivity index (χ2v) is 10.4. The number of nitrogens with one attached hydrogen (secondary N) is 1. The van der Waals surface area contributed by atoms with Gasteiger partial charge in [-0.05, 0) is 70.2 Å². The van der Waals surface area contributed by atoms with Gasteiger partial charge >= 0.3 is 18.0 Å². The van der Waals surface area contributed by atoms with Crippen LogP contribution in [0.4, 0.5) is 4.79 Å². The van der Waals surface area contributed by atoms with Crippen molar-refractivity contribution in [3.63, 3.8) is 0 Å². The molecule has 0 unspecified atom stereocenters. The maximum Gasteiger partial charge on any atom is 0.410 e. The number of imidazole rings is 1. The quantitative estimate of drug-likeness (QED) is 0.421. The average Bonchev–Trinajstić information content (AvgIpc) is 3.51. The number of H-pyrrole nitrogens is 1. The average molecular weight is 523 g/mol. The summed E-state index contributed by atoms with van der Waals surface area (Å²) < 4.78 is 12.6. The molecule has 0 aliphatic carbocycles. The highest BCUT2D eigenvalue weighted by molar-refractivity contribution is 5.89. The van der Waals surface area contributed by atoms with Gasteiger partial charge in [-0.1, -0.05) is 12.1 Å². The third-order valence-electron chi connectivity index (χ3n) is 6.43. The number of hydrogen-bond donors (Lipinski definition) is 2. The van der Waals surface area contributed by atoms with Crippen LogP contribution in [0.1, 0.15) is 67.2 Å².